The van der Waals surface area contributed by atoms with Gasteiger partial charge in [-0.3, -0.25) is 9.59 Å². The van der Waals surface area contributed by atoms with Gasteiger partial charge in [-0.2, -0.15) is 0 Å². The molecule has 0 saturated carbocycles. The minimum absolute atomic E-state index is 0.0397. The SMILES string of the molecule is CCOc1ccc(C(=O)NC(C(=O)N2CCCCC2C2OCCO2)C(C)C)cc1. The Hall–Kier alpha value is -2.12. The molecular weight excluding hydrogens is 372 g/mol. The molecule has 160 valence electrons. The average molecular weight is 405 g/mol. The Labute approximate surface area is 172 Å². The second-order valence-electron chi connectivity index (χ2n) is 7.86. The van der Waals surface area contributed by atoms with E-state index in [0.29, 0.717) is 37.7 Å². The van der Waals surface area contributed by atoms with E-state index in [4.69, 9.17) is 14.2 Å². The van der Waals surface area contributed by atoms with Crippen LogP contribution in [-0.4, -0.2) is 61.5 Å². The zero-order valence-corrected chi connectivity index (χ0v) is 17.6. The summed E-state index contributed by atoms with van der Waals surface area (Å²) in [6, 6.07) is 6.26. The molecule has 0 bridgehead atoms. The molecule has 2 unspecified atom stereocenters. The molecule has 2 saturated heterocycles. The Kier molecular flexibility index (Phi) is 7.50. The van der Waals surface area contributed by atoms with Crippen LogP contribution in [-0.2, 0) is 14.3 Å². The molecular formula is C22H32N2O5. The fourth-order valence-electron chi connectivity index (χ4n) is 3.90. The van der Waals surface area contributed by atoms with Crippen molar-refractivity contribution in [2.24, 2.45) is 5.92 Å². The van der Waals surface area contributed by atoms with E-state index in [2.05, 4.69) is 5.32 Å². The standard InChI is InChI=1S/C22H32N2O5/c1-4-27-17-10-8-16(9-11-17)20(25)23-19(15(2)3)21(26)24-12-6-5-7-18(24)22-28-13-14-29-22/h8-11,15,18-19,22H,4-7,12-14H2,1-3H3,(H,23,25). The number of carbonyl (C=O) groups is 2. The van der Waals surface area contributed by atoms with Gasteiger partial charge in [0.25, 0.3) is 5.91 Å². The van der Waals surface area contributed by atoms with Crippen LogP contribution in [0.25, 0.3) is 0 Å². The molecule has 2 aliphatic heterocycles. The van der Waals surface area contributed by atoms with Gasteiger partial charge in [0.1, 0.15) is 11.8 Å². The smallest absolute Gasteiger partial charge is 0.251 e. The number of hydrogen-bond donors (Lipinski definition) is 1. The van der Waals surface area contributed by atoms with Crippen molar-refractivity contribution in [3.05, 3.63) is 29.8 Å². The van der Waals surface area contributed by atoms with Crippen molar-refractivity contribution in [3.8, 4) is 5.75 Å². The Balaban J connectivity index is 1.70. The van der Waals surface area contributed by atoms with Crippen molar-refractivity contribution in [3.63, 3.8) is 0 Å². The lowest BCUT2D eigenvalue weighted by atomic mass is 9.96. The number of rotatable bonds is 7. The Morgan fingerprint density at radius 1 is 1.17 bits per heavy atom. The number of hydrogen-bond acceptors (Lipinski definition) is 5. The van der Waals surface area contributed by atoms with Gasteiger partial charge in [-0.15, -0.1) is 0 Å². The number of ether oxygens (including phenoxy) is 3. The summed E-state index contributed by atoms with van der Waals surface area (Å²) in [7, 11) is 0. The highest BCUT2D eigenvalue weighted by atomic mass is 16.7. The summed E-state index contributed by atoms with van der Waals surface area (Å²) >= 11 is 0. The van der Waals surface area contributed by atoms with Gasteiger partial charge in [-0.05, 0) is 56.4 Å². The second-order valence-corrected chi connectivity index (χ2v) is 7.86. The lowest BCUT2D eigenvalue weighted by Gasteiger charge is -2.40. The summed E-state index contributed by atoms with van der Waals surface area (Å²) in [6.07, 6.45) is 2.48. The van der Waals surface area contributed by atoms with Crippen molar-refractivity contribution in [1.29, 1.82) is 0 Å². The molecule has 0 aromatic heterocycles. The largest absolute Gasteiger partial charge is 0.494 e. The third-order valence-corrected chi connectivity index (χ3v) is 5.44. The Bertz CT molecular complexity index is 685. The number of carbonyl (C=O) groups excluding carboxylic acids is 2. The van der Waals surface area contributed by atoms with E-state index in [1.807, 2.05) is 25.7 Å². The lowest BCUT2D eigenvalue weighted by Crippen LogP contribution is -2.58. The first-order valence-corrected chi connectivity index (χ1v) is 10.6. The molecule has 2 amide bonds. The molecule has 0 aliphatic carbocycles. The van der Waals surface area contributed by atoms with E-state index in [1.54, 1.807) is 24.3 Å². The van der Waals surface area contributed by atoms with E-state index >= 15 is 0 Å². The topological polar surface area (TPSA) is 77.1 Å². The van der Waals surface area contributed by atoms with Gasteiger partial charge in [0.2, 0.25) is 5.91 Å². The monoisotopic (exact) mass is 404 g/mol. The molecule has 7 heteroatoms. The summed E-state index contributed by atoms with van der Waals surface area (Å²) in [5, 5.41) is 2.94. The van der Waals surface area contributed by atoms with Crippen LogP contribution in [0.5, 0.6) is 5.75 Å². The van der Waals surface area contributed by atoms with E-state index in [0.717, 1.165) is 19.3 Å². The van der Waals surface area contributed by atoms with Crippen LogP contribution in [0.4, 0.5) is 0 Å². The van der Waals surface area contributed by atoms with Crippen LogP contribution >= 0.6 is 0 Å². The third kappa shape index (κ3) is 5.28. The molecule has 2 fully saturated rings. The summed E-state index contributed by atoms with van der Waals surface area (Å²) in [6.45, 7) is 8.16. The van der Waals surface area contributed by atoms with Crippen molar-refractivity contribution in [2.75, 3.05) is 26.4 Å². The predicted molar refractivity (Wildman–Crippen MR) is 109 cm³/mol. The van der Waals surface area contributed by atoms with Crippen molar-refractivity contribution >= 4 is 11.8 Å². The van der Waals surface area contributed by atoms with Gasteiger partial charge in [0.15, 0.2) is 6.29 Å². The quantitative estimate of drug-likeness (QED) is 0.756. The van der Waals surface area contributed by atoms with E-state index in [-0.39, 0.29) is 30.1 Å². The van der Waals surface area contributed by atoms with Gasteiger partial charge < -0.3 is 24.4 Å². The zero-order valence-electron chi connectivity index (χ0n) is 17.6. The minimum atomic E-state index is -0.601. The van der Waals surface area contributed by atoms with E-state index in [1.165, 1.54) is 0 Å². The molecule has 1 aromatic carbocycles. The fraction of sp³-hybridized carbons (Fsp3) is 0.636. The molecule has 0 spiro atoms. The second kappa shape index (κ2) is 10.1. The van der Waals surface area contributed by atoms with Crippen LogP contribution in [0.2, 0.25) is 0 Å². The van der Waals surface area contributed by atoms with Crippen molar-refractivity contribution in [1.82, 2.24) is 10.2 Å². The van der Waals surface area contributed by atoms with Gasteiger partial charge in [-0.25, -0.2) is 0 Å². The first-order valence-electron chi connectivity index (χ1n) is 10.6. The number of piperidine rings is 1. The first-order chi connectivity index (χ1) is 14.0. The van der Waals surface area contributed by atoms with Gasteiger partial charge >= 0.3 is 0 Å². The van der Waals surface area contributed by atoms with Gasteiger partial charge in [-0.1, -0.05) is 13.8 Å². The molecule has 2 aliphatic rings. The van der Waals surface area contributed by atoms with E-state index < -0.39 is 6.04 Å². The molecule has 1 N–H and O–H groups in total. The molecule has 2 atom stereocenters. The highest BCUT2D eigenvalue weighted by Crippen LogP contribution is 2.26. The molecule has 29 heavy (non-hydrogen) atoms. The van der Waals surface area contributed by atoms with Crippen LogP contribution in [0, 0.1) is 5.92 Å². The summed E-state index contributed by atoms with van der Waals surface area (Å²) in [5.74, 6) is 0.348. The molecule has 0 radical (unpaired) electrons. The molecule has 2 heterocycles. The Morgan fingerprint density at radius 2 is 1.86 bits per heavy atom. The van der Waals surface area contributed by atoms with Crippen LogP contribution in [0.3, 0.4) is 0 Å². The van der Waals surface area contributed by atoms with Crippen LogP contribution < -0.4 is 10.1 Å². The van der Waals surface area contributed by atoms with Crippen LogP contribution in [0.15, 0.2) is 24.3 Å². The number of nitrogens with zero attached hydrogens (tertiary/aromatic N) is 1. The summed E-state index contributed by atoms with van der Waals surface area (Å²) < 4.78 is 16.8. The number of benzene rings is 1. The van der Waals surface area contributed by atoms with Crippen molar-refractivity contribution in [2.45, 2.75) is 58.4 Å². The maximum Gasteiger partial charge on any atom is 0.251 e. The summed E-state index contributed by atoms with van der Waals surface area (Å²) in [4.78, 5) is 28.0. The number of amides is 2. The maximum atomic E-state index is 13.4. The normalized spacial score (nSPS) is 21.2. The fourth-order valence-corrected chi connectivity index (χ4v) is 3.90. The summed E-state index contributed by atoms with van der Waals surface area (Å²) in [5.41, 5.74) is 0.504. The van der Waals surface area contributed by atoms with Crippen molar-refractivity contribution < 1.29 is 23.8 Å². The van der Waals surface area contributed by atoms with Crippen LogP contribution in [0.1, 0.15) is 50.4 Å². The number of likely N-dealkylation sites (tertiary alicyclic amines) is 1. The first kappa shape index (κ1) is 21.6. The lowest BCUT2D eigenvalue weighted by molar-refractivity contribution is -0.153. The Morgan fingerprint density at radius 3 is 2.48 bits per heavy atom. The average Bonchev–Trinajstić information content (AvgIpc) is 3.26. The minimum Gasteiger partial charge on any atom is -0.494 e. The molecule has 7 nitrogen and oxygen atoms in total. The predicted octanol–water partition coefficient (Wildman–Crippen LogP) is 2.59. The van der Waals surface area contributed by atoms with E-state index in [9.17, 15) is 9.59 Å². The van der Waals surface area contributed by atoms with Gasteiger partial charge in [0.05, 0.1) is 25.9 Å². The highest BCUT2D eigenvalue weighted by Gasteiger charge is 2.39. The zero-order chi connectivity index (χ0) is 20.8. The highest BCUT2D eigenvalue weighted by molar-refractivity contribution is 5.97. The third-order valence-electron chi connectivity index (χ3n) is 5.44. The van der Waals surface area contributed by atoms with Gasteiger partial charge in [0, 0.05) is 12.1 Å². The maximum absolute atomic E-state index is 13.4. The molecule has 1 aromatic rings. The number of nitrogens with one attached hydrogen (secondary N) is 1. The molecule has 3 rings (SSSR count).